The third kappa shape index (κ3) is 7.72. The zero-order valence-electron chi connectivity index (χ0n) is 15.8. The molecule has 4 heteroatoms. The molecular formula is C21H30ClN3. The van der Waals surface area contributed by atoms with E-state index in [2.05, 4.69) is 41.7 Å². The van der Waals surface area contributed by atoms with Gasteiger partial charge >= 0.3 is 0 Å². The van der Waals surface area contributed by atoms with Crippen LogP contribution in [-0.2, 0) is 0 Å². The molecule has 1 aromatic carbocycles. The van der Waals surface area contributed by atoms with Crippen LogP contribution in [0.2, 0.25) is 5.02 Å². The summed E-state index contributed by atoms with van der Waals surface area (Å²) in [5, 5.41) is 0.811. The van der Waals surface area contributed by atoms with Gasteiger partial charge in [-0.1, -0.05) is 43.3 Å². The minimum absolute atomic E-state index is 0.393. The predicted molar refractivity (Wildman–Crippen MR) is 111 cm³/mol. The average Bonchev–Trinajstić information content (AvgIpc) is 2.56. The van der Waals surface area contributed by atoms with Gasteiger partial charge in [-0.15, -0.1) is 0 Å². The second-order valence-corrected chi connectivity index (χ2v) is 6.87. The molecule has 2 N–H and O–H groups in total. The molecule has 0 aliphatic carbocycles. The van der Waals surface area contributed by atoms with Gasteiger partial charge in [-0.25, -0.2) is 0 Å². The zero-order valence-corrected chi connectivity index (χ0v) is 16.6. The van der Waals surface area contributed by atoms with E-state index in [9.17, 15) is 0 Å². The summed E-state index contributed by atoms with van der Waals surface area (Å²) in [6.07, 6.45) is 8.35. The number of rotatable bonds is 9. The fourth-order valence-corrected chi connectivity index (χ4v) is 2.78. The molecular weight excluding hydrogens is 330 g/mol. The van der Waals surface area contributed by atoms with Crippen molar-refractivity contribution < 1.29 is 0 Å². The molecule has 0 heterocycles. The van der Waals surface area contributed by atoms with Crippen LogP contribution in [0.1, 0.15) is 37.3 Å². The molecule has 0 aromatic heterocycles. The lowest BCUT2D eigenvalue weighted by molar-refractivity contribution is 0.512. The molecule has 3 nitrogen and oxygen atoms in total. The van der Waals surface area contributed by atoms with Gasteiger partial charge in [-0.2, -0.15) is 0 Å². The Morgan fingerprint density at radius 1 is 1.44 bits per heavy atom. The van der Waals surface area contributed by atoms with Crippen molar-refractivity contribution in [2.24, 2.45) is 10.7 Å². The largest absolute Gasteiger partial charge is 0.375 e. The molecule has 25 heavy (non-hydrogen) atoms. The third-order valence-corrected chi connectivity index (χ3v) is 4.40. The maximum Gasteiger partial charge on any atom is 0.0551 e. The molecule has 0 aliphatic heterocycles. The normalized spacial score (nSPS) is 14.0. The van der Waals surface area contributed by atoms with Crippen molar-refractivity contribution in [2.75, 3.05) is 20.1 Å². The minimum atomic E-state index is 0.393. The van der Waals surface area contributed by atoms with E-state index in [1.165, 1.54) is 11.1 Å². The van der Waals surface area contributed by atoms with Crippen LogP contribution in [-0.4, -0.2) is 30.7 Å². The Morgan fingerprint density at radius 2 is 2.16 bits per heavy atom. The fourth-order valence-electron chi connectivity index (χ4n) is 2.66. The summed E-state index contributed by atoms with van der Waals surface area (Å²) < 4.78 is 0. The highest BCUT2D eigenvalue weighted by atomic mass is 35.5. The minimum Gasteiger partial charge on any atom is -0.375 e. The van der Waals surface area contributed by atoms with Crippen LogP contribution in [0.3, 0.4) is 0 Å². The van der Waals surface area contributed by atoms with Crippen molar-refractivity contribution >= 4 is 17.3 Å². The van der Waals surface area contributed by atoms with Gasteiger partial charge in [0.05, 0.1) is 6.54 Å². The van der Waals surface area contributed by atoms with Gasteiger partial charge in [-0.3, -0.25) is 4.99 Å². The van der Waals surface area contributed by atoms with Crippen LogP contribution in [0, 0.1) is 6.92 Å². The van der Waals surface area contributed by atoms with Crippen molar-refractivity contribution in [3.05, 3.63) is 71.1 Å². The molecule has 0 bridgehead atoms. The smallest absolute Gasteiger partial charge is 0.0551 e. The molecule has 0 saturated carbocycles. The Hall–Kier alpha value is -1.84. The lowest BCUT2D eigenvalue weighted by atomic mass is 9.93. The van der Waals surface area contributed by atoms with E-state index in [1.807, 2.05) is 33.0 Å². The molecule has 1 atom stereocenters. The first-order valence-corrected chi connectivity index (χ1v) is 8.92. The SMILES string of the molecule is C=C/C=C\N=C(/C)CN(C)/C=C(\CN)CC(C)c1ccc(Cl)c(C)c1. The second kappa shape index (κ2) is 10.9. The Morgan fingerprint density at radius 3 is 2.76 bits per heavy atom. The van der Waals surface area contributed by atoms with E-state index in [0.717, 1.165) is 29.3 Å². The molecule has 136 valence electrons. The van der Waals surface area contributed by atoms with Crippen molar-refractivity contribution in [1.82, 2.24) is 4.90 Å². The van der Waals surface area contributed by atoms with Gasteiger partial charge in [0.15, 0.2) is 0 Å². The van der Waals surface area contributed by atoms with Crippen molar-refractivity contribution in [1.29, 1.82) is 0 Å². The highest BCUT2D eigenvalue weighted by Gasteiger charge is 2.10. The summed E-state index contributed by atoms with van der Waals surface area (Å²) in [5.41, 5.74) is 10.6. The van der Waals surface area contributed by atoms with Crippen LogP contribution < -0.4 is 5.73 Å². The number of aliphatic imine (C=N–C) groups is 1. The highest BCUT2D eigenvalue weighted by Crippen LogP contribution is 2.26. The molecule has 1 unspecified atom stereocenters. The molecule has 1 rings (SSSR count). The van der Waals surface area contributed by atoms with Gasteiger partial charge < -0.3 is 10.6 Å². The summed E-state index contributed by atoms with van der Waals surface area (Å²) in [4.78, 5) is 6.49. The number of nitrogens with zero attached hydrogens (tertiary/aromatic N) is 2. The lowest BCUT2D eigenvalue weighted by Gasteiger charge is -2.19. The van der Waals surface area contributed by atoms with Gasteiger partial charge in [0.2, 0.25) is 0 Å². The summed E-state index contributed by atoms with van der Waals surface area (Å²) in [6, 6.07) is 6.23. The monoisotopic (exact) mass is 359 g/mol. The molecule has 0 amide bonds. The lowest BCUT2D eigenvalue weighted by Crippen LogP contribution is -2.21. The summed E-state index contributed by atoms with van der Waals surface area (Å²) in [6.45, 7) is 11.2. The van der Waals surface area contributed by atoms with Crippen molar-refractivity contribution in [2.45, 2.75) is 33.1 Å². The first-order valence-electron chi connectivity index (χ1n) is 8.54. The summed E-state index contributed by atoms with van der Waals surface area (Å²) in [7, 11) is 2.04. The zero-order chi connectivity index (χ0) is 18.8. The number of halogens is 1. The van der Waals surface area contributed by atoms with E-state index < -0.39 is 0 Å². The van der Waals surface area contributed by atoms with E-state index >= 15 is 0 Å². The standard InChI is InChI=1S/C21H30ClN3/c1-6-7-10-24-18(4)14-25(5)15-19(13-23)11-16(2)20-8-9-21(22)17(3)12-20/h6-10,12,15-16H,1,11,13-14,23H2,2-5H3/b10-7-,19-15-,24-18+. The molecule has 0 radical (unpaired) electrons. The number of hydrogen-bond acceptors (Lipinski definition) is 3. The van der Waals surface area contributed by atoms with Crippen LogP contribution in [0.4, 0.5) is 0 Å². The number of allylic oxidation sites excluding steroid dienone is 2. The Labute approximate surface area is 157 Å². The second-order valence-electron chi connectivity index (χ2n) is 6.46. The van der Waals surface area contributed by atoms with E-state index in [0.29, 0.717) is 12.5 Å². The maximum atomic E-state index is 6.12. The average molecular weight is 360 g/mol. The third-order valence-electron chi connectivity index (χ3n) is 3.98. The van der Waals surface area contributed by atoms with Crippen LogP contribution in [0.5, 0.6) is 0 Å². The number of hydrogen-bond donors (Lipinski definition) is 1. The van der Waals surface area contributed by atoms with Gasteiger partial charge in [0, 0.05) is 30.5 Å². The summed E-state index contributed by atoms with van der Waals surface area (Å²) >= 11 is 6.12. The number of benzene rings is 1. The van der Waals surface area contributed by atoms with Crippen LogP contribution >= 0.6 is 11.6 Å². The Balaban J connectivity index is 2.74. The van der Waals surface area contributed by atoms with Crippen molar-refractivity contribution in [3.63, 3.8) is 0 Å². The topological polar surface area (TPSA) is 41.6 Å². The first kappa shape index (κ1) is 21.2. The molecule has 0 spiro atoms. The number of aryl methyl sites for hydroxylation is 1. The van der Waals surface area contributed by atoms with Gasteiger partial charge in [0.1, 0.15) is 0 Å². The Kier molecular flexibility index (Phi) is 9.25. The summed E-state index contributed by atoms with van der Waals surface area (Å²) in [5.74, 6) is 0.393. The Bertz CT molecular complexity index is 659. The predicted octanol–water partition coefficient (Wildman–Crippen LogP) is 5.08. The maximum absolute atomic E-state index is 6.12. The van der Waals surface area contributed by atoms with E-state index in [-0.39, 0.29) is 0 Å². The highest BCUT2D eigenvalue weighted by molar-refractivity contribution is 6.31. The molecule has 0 fully saturated rings. The first-order chi connectivity index (χ1) is 11.9. The quantitative estimate of drug-likeness (QED) is 0.493. The van der Waals surface area contributed by atoms with Crippen LogP contribution in [0.15, 0.2) is 59.9 Å². The molecule has 0 saturated heterocycles. The van der Waals surface area contributed by atoms with E-state index in [4.69, 9.17) is 17.3 Å². The fraction of sp³-hybridized carbons (Fsp3) is 0.381. The van der Waals surface area contributed by atoms with Crippen molar-refractivity contribution in [3.8, 4) is 0 Å². The van der Waals surface area contributed by atoms with E-state index in [1.54, 1.807) is 12.3 Å². The van der Waals surface area contributed by atoms with Crippen LogP contribution in [0.25, 0.3) is 0 Å². The van der Waals surface area contributed by atoms with Gasteiger partial charge in [0.25, 0.3) is 0 Å². The number of nitrogens with two attached hydrogens (primary N) is 1. The van der Waals surface area contributed by atoms with Gasteiger partial charge in [-0.05, 0) is 61.2 Å². The molecule has 1 aromatic rings. The molecule has 0 aliphatic rings.